The molecule has 2 amide bonds. The molecule has 4 rings (SSSR count). The van der Waals surface area contributed by atoms with Crippen molar-refractivity contribution in [1.29, 1.82) is 0 Å². The van der Waals surface area contributed by atoms with Crippen LogP contribution in [-0.4, -0.2) is 54.4 Å². The van der Waals surface area contributed by atoms with Crippen molar-refractivity contribution < 1.29 is 9.59 Å². The lowest BCUT2D eigenvalue weighted by atomic mass is 10.1. The van der Waals surface area contributed by atoms with E-state index in [1.165, 1.54) is 0 Å². The van der Waals surface area contributed by atoms with Crippen molar-refractivity contribution in [2.24, 2.45) is 0 Å². The molecule has 0 radical (unpaired) electrons. The van der Waals surface area contributed by atoms with E-state index in [0.717, 1.165) is 42.5 Å². The Kier molecular flexibility index (Phi) is 4.49. The molecule has 0 bridgehead atoms. The molecule has 0 spiro atoms. The van der Waals surface area contributed by atoms with Gasteiger partial charge < -0.3 is 15.1 Å². The molecular weight excluding hydrogens is 328 g/mol. The van der Waals surface area contributed by atoms with Crippen LogP contribution in [0, 0.1) is 0 Å². The fraction of sp³-hybridized carbons (Fsp3) is 0.450. The number of likely N-dealkylation sites (N-methyl/N-ethyl adjacent to an activating group) is 1. The highest BCUT2D eigenvalue weighted by atomic mass is 16.2. The topological polar surface area (TPSA) is 65.5 Å². The average molecular weight is 352 g/mol. The zero-order chi connectivity index (χ0) is 18.1. The van der Waals surface area contributed by atoms with E-state index in [4.69, 9.17) is 4.98 Å². The number of nitrogens with zero attached hydrogens (tertiary/aromatic N) is 3. The fourth-order valence-corrected chi connectivity index (χ4v) is 3.36. The van der Waals surface area contributed by atoms with Crippen molar-refractivity contribution in [2.45, 2.75) is 31.7 Å². The summed E-state index contributed by atoms with van der Waals surface area (Å²) in [6, 6.07) is 9.93. The smallest absolute Gasteiger partial charge is 0.252 e. The highest BCUT2D eigenvalue weighted by molar-refractivity contribution is 6.07. The molecule has 0 atom stereocenters. The summed E-state index contributed by atoms with van der Waals surface area (Å²) in [6.07, 6.45) is 3.72. The third kappa shape index (κ3) is 3.49. The van der Waals surface area contributed by atoms with Crippen molar-refractivity contribution >= 4 is 28.5 Å². The maximum Gasteiger partial charge on any atom is 0.252 e. The number of pyridine rings is 1. The van der Waals surface area contributed by atoms with Gasteiger partial charge in [-0.3, -0.25) is 9.59 Å². The van der Waals surface area contributed by atoms with Crippen molar-refractivity contribution in [2.75, 3.05) is 31.6 Å². The van der Waals surface area contributed by atoms with Gasteiger partial charge in [0.25, 0.3) is 5.91 Å². The summed E-state index contributed by atoms with van der Waals surface area (Å²) >= 11 is 0. The molecule has 136 valence electrons. The van der Waals surface area contributed by atoms with Crippen LogP contribution in [0.2, 0.25) is 0 Å². The minimum atomic E-state index is -0.0320. The Hall–Kier alpha value is -2.63. The Morgan fingerprint density at radius 3 is 2.88 bits per heavy atom. The minimum Gasteiger partial charge on any atom is -0.358 e. The van der Waals surface area contributed by atoms with Gasteiger partial charge in [-0.15, -0.1) is 0 Å². The fourth-order valence-electron chi connectivity index (χ4n) is 3.36. The highest BCUT2D eigenvalue weighted by Gasteiger charge is 2.25. The second kappa shape index (κ2) is 6.94. The summed E-state index contributed by atoms with van der Waals surface area (Å²) in [5.74, 6) is 0.959. The van der Waals surface area contributed by atoms with Gasteiger partial charge in [-0.1, -0.05) is 18.2 Å². The number of fused-ring (bicyclic) bond motifs is 1. The zero-order valence-corrected chi connectivity index (χ0v) is 15.1. The first-order valence-corrected chi connectivity index (χ1v) is 9.31. The zero-order valence-electron chi connectivity index (χ0n) is 15.1. The number of anilines is 1. The molecule has 6 nitrogen and oxygen atoms in total. The summed E-state index contributed by atoms with van der Waals surface area (Å²) in [4.78, 5) is 33.1. The third-order valence-corrected chi connectivity index (χ3v) is 5.13. The summed E-state index contributed by atoms with van der Waals surface area (Å²) in [5.41, 5.74) is 1.48. The number of benzene rings is 1. The van der Waals surface area contributed by atoms with Crippen LogP contribution in [0.1, 0.15) is 36.0 Å². The number of likely N-dealkylation sites (tertiary alicyclic amines) is 1. The quantitative estimate of drug-likeness (QED) is 0.865. The molecule has 0 unspecified atom stereocenters. The summed E-state index contributed by atoms with van der Waals surface area (Å²) < 4.78 is 0. The van der Waals surface area contributed by atoms with Crippen molar-refractivity contribution in [1.82, 2.24) is 15.2 Å². The number of aromatic nitrogens is 1. The molecule has 2 aliphatic rings. The first-order valence-electron chi connectivity index (χ1n) is 9.31. The molecule has 2 heterocycles. The van der Waals surface area contributed by atoms with Gasteiger partial charge >= 0.3 is 0 Å². The van der Waals surface area contributed by atoms with E-state index in [1.54, 1.807) is 0 Å². The molecular formula is C20H24N4O2. The molecule has 1 aliphatic heterocycles. The van der Waals surface area contributed by atoms with Crippen LogP contribution in [0.3, 0.4) is 0 Å². The first-order chi connectivity index (χ1) is 12.6. The van der Waals surface area contributed by atoms with Crippen LogP contribution in [0.25, 0.3) is 10.9 Å². The minimum absolute atomic E-state index is 0.0320. The normalized spacial score (nSPS) is 17.0. The summed E-state index contributed by atoms with van der Waals surface area (Å²) in [5, 5.41) is 3.95. The van der Waals surface area contributed by atoms with Gasteiger partial charge in [0.2, 0.25) is 5.91 Å². The maximum absolute atomic E-state index is 12.7. The van der Waals surface area contributed by atoms with Gasteiger partial charge in [0.15, 0.2) is 0 Å². The Morgan fingerprint density at radius 1 is 1.35 bits per heavy atom. The molecule has 6 heteroatoms. The van der Waals surface area contributed by atoms with Crippen LogP contribution in [-0.2, 0) is 4.79 Å². The number of carbonyl (C=O) groups excluding carboxylic acids is 2. The van der Waals surface area contributed by atoms with Gasteiger partial charge in [-0.2, -0.15) is 0 Å². The predicted molar refractivity (Wildman–Crippen MR) is 101 cm³/mol. The maximum atomic E-state index is 12.7. The van der Waals surface area contributed by atoms with E-state index >= 15 is 0 Å². The van der Waals surface area contributed by atoms with E-state index in [-0.39, 0.29) is 11.8 Å². The average Bonchev–Trinajstić information content (AvgIpc) is 3.37. The van der Waals surface area contributed by atoms with E-state index in [0.29, 0.717) is 31.1 Å². The van der Waals surface area contributed by atoms with E-state index < -0.39 is 0 Å². The van der Waals surface area contributed by atoms with Crippen molar-refractivity contribution in [3.8, 4) is 0 Å². The molecule has 26 heavy (non-hydrogen) atoms. The van der Waals surface area contributed by atoms with Gasteiger partial charge in [-0.25, -0.2) is 4.98 Å². The van der Waals surface area contributed by atoms with Crippen LogP contribution < -0.4 is 10.2 Å². The third-order valence-electron chi connectivity index (χ3n) is 5.13. The molecule has 1 saturated carbocycles. The predicted octanol–water partition coefficient (Wildman–Crippen LogP) is 2.19. The molecule has 1 saturated heterocycles. The van der Waals surface area contributed by atoms with Crippen LogP contribution in [0.4, 0.5) is 5.82 Å². The van der Waals surface area contributed by atoms with Gasteiger partial charge in [0.05, 0.1) is 11.1 Å². The molecule has 1 aromatic heterocycles. The van der Waals surface area contributed by atoms with Crippen molar-refractivity contribution in [3.63, 3.8) is 0 Å². The molecule has 2 aromatic rings. The first kappa shape index (κ1) is 16.8. The number of para-hydroxylation sites is 1. The largest absolute Gasteiger partial charge is 0.358 e. The van der Waals surface area contributed by atoms with E-state index in [1.807, 2.05) is 47.2 Å². The second-order valence-corrected chi connectivity index (χ2v) is 7.20. The molecule has 1 aromatic carbocycles. The van der Waals surface area contributed by atoms with Gasteiger partial charge in [0, 0.05) is 44.5 Å². The second-order valence-electron chi connectivity index (χ2n) is 7.20. The number of amides is 2. The number of carbonyl (C=O) groups is 2. The summed E-state index contributed by atoms with van der Waals surface area (Å²) in [6.45, 7) is 2.22. The van der Waals surface area contributed by atoms with Gasteiger partial charge in [0.1, 0.15) is 5.82 Å². The Balaban J connectivity index is 1.57. The molecule has 2 fully saturated rings. The number of nitrogens with one attached hydrogen (secondary N) is 1. The van der Waals surface area contributed by atoms with Crippen LogP contribution >= 0.6 is 0 Å². The Bertz CT molecular complexity index is 847. The lowest BCUT2D eigenvalue weighted by Crippen LogP contribution is -2.34. The van der Waals surface area contributed by atoms with E-state index in [9.17, 15) is 9.59 Å². The van der Waals surface area contributed by atoms with Gasteiger partial charge in [-0.05, 0) is 31.4 Å². The lowest BCUT2D eigenvalue weighted by Gasteiger charge is -2.23. The van der Waals surface area contributed by atoms with Crippen LogP contribution in [0.15, 0.2) is 30.3 Å². The monoisotopic (exact) mass is 352 g/mol. The highest BCUT2D eigenvalue weighted by Crippen LogP contribution is 2.25. The van der Waals surface area contributed by atoms with Crippen LogP contribution in [0.5, 0.6) is 0 Å². The number of rotatable bonds is 6. The number of hydrogen-bond donors (Lipinski definition) is 1. The molecule has 1 N–H and O–H groups in total. The molecule has 1 aliphatic carbocycles. The SMILES string of the molecule is CN(CCN1CCCC1=O)c1cc(C(=O)NC2CC2)c2ccccc2n1. The lowest BCUT2D eigenvalue weighted by molar-refractivity contribution is -0.127. The Labute approximate surface area is 153 Å². The number of hydrogen-bond acceptors (Lipinski definition) is 4. The summed E-state index contributed by atoms with van der Waals surface area (Å²) in [7, 11) is 1.96. The van der Waals surface area contributed by atoms with Crippen molar-refractivity contribution in [3.05, 3.63) is 35.9 Å². The van der Waals surface area contributed by atoms with E-state index in [2.05, 4.69) is 5.32 Å². The standard InChI is InChI=1S/C20H24N4O2/c1-23(11-12-24-10-4-7-19(24)25)18-13-16(20(26)21-14-8-9-14)15-5-2-3-6-17(15)22-18/h2-3,5-6,13-14H,4,7-12H2,1H3,(H,21,26). The Morgan fingerprint density at radius 2 is 2.15 bits per heavy atom.